The zero-order valence-corrected chi connectivity index (χ0v) is 18.3. The zero-order valence-electron chi connectivity index (χ0n) is 15.1. The minimum atomic E-state index is -0.680. The predicted octanol–water partition coefficient (Wildman–Crippen LogP) is 4.58. The van der Waals surface area contributed by atoms with Crippen molar-refractivity contribution in [1.29, 1.82) is 0 Å². The van der Waals surface area contributed by atoms with Gasteiger partial charge >= 0.3 is 12.0 Å². The highest BCUT2D eigenvalue weighted by Gasteiger charge is 2.36. The van der Waals surface area contributed by atoms with Crippen LogP contribution in [-0.2, 0) is 9.53 Å². The Labute approximate surface area is 170 Å². The number of carbonyl (C=O) groups excluding carboxylic acids is 2. The molecule has 1 aromatic rings. The molecular weight excluding hydrogens is 468 g/mol. The third kappa shape index (κ3) is 4.59. The molecule has 0 radical (unpaired) electrons. The first-order valence-corrected chi connectivity index (χ1v) is 9.91. The highest BCUT2D eigenvalue weighted by molar-refractivity contribution is 9.11. The quantitative estimate of drug-likeness (QED) is 0.573. The van der Waals surface area contributed by atoms with Crippen LogP contribution in [0.4, 0.5) is 4.79 Å². The Morgan fingerprint density at radius 1 is 1.31 bits per heavy atom. The summed E-state index contributed by atoms with van der Waals surface area (Å²) in [6.07, 6.45) is 1.07. The van der Waals surface area contributed by atoms with Crippen molar-refractivity contribution in [3.05, 3.63) is 37.9 Å². The smallest absolute Gasteiger partial charge is 0.338 e. The standard InChI is InChI=1S/C18H22Br2N2O4/c1-5-6-13-14(17(23)26-9(2)3)15(22-18(24)21-13)11-7-10(19)8-12(20)16(11)25-4/h7-9,15H,5-6H2,1-4H3,(H2,21,22,24). The predicted molar refractivity (Wildman–Crippen MR) is 106 cm³/mol. The molecule has 0 bridgehead atoms. The summed E-state index contributed by atoms with van der Waals surface area (Å²) in [6, 6.07) is 2.62. The van der Waals surface area contributed by atoms with Crippen LogP contribution in [0.3, 0.4) is 0 Å². The maximum atomic E-state index is 12.8. The van der Waals surface area contributed by atoms with Gasteiger partial charge in [-0.2, -0.15) is 0 Å². The normalized spacial score (nSPS) is 17.0. The lowest BCUT2D eigenvalue weighted by Gasteiger charge is -2.31. The number of halogens is 2. The van der Waals surface area contributed by atoms with Crippen LogP contribution in [0.25, 0.3) is 0 Å². The highest BCUT2D eigenvalue weighted by atomic mass is 79.9. The molecule has 0 saturated carbocycles. The van der Waals surface area contributed by atoms with Crippen LogP contribution in [-0.4, -0.2) is 25.2 Å². The Morgan fingerprint density at radius 3 is 2.58 bits per heavy atom. The van der Waals surface area contributed by atoms with Gasteiger partial charge < -0.3 is 20.1 Å². The van der Waals surface area contributed by atoms with Gasteiger partial charge in [-0.1, -0.05) is 29.3 Å². The number of nitrogens with one attached hydrogen (secondary N) is 2. The molecule has 2 amide bonds. The molecule has 1 aliphatic rings. The number of allylic oxidation sites excluding steroid dienone is 1. The maximum absolute atomic E-state index is 12.8. The fourth-order valence-electron chi connectivity index (χ4n) is 2.83. The number of ether oxygens (including phenoxy) is 2. The molecule has 142 valence electrons. The van der Waals surface area contributed by atoms with E-state index < -0.39 is 12.0 Å². The third-order valence-corrected chi connectivity index (χ3v) is 4.82. The van der Waals surface area contributed by atoms with Gasteiger partial charge in [0.15, 0.2) is 0 Å². The first-order chi connectivity index (χ1) is 12.3. The Hall–Kier alpha value is -1.54. The van der Waals surface area contributed by atoms with E-state index in [0.717, 1.165) is 10.9 Å². The fourth-order valence-corrected chi connectivity index (χ4v) is 4.25. The van der Waals surface area contributed by atoms with Crippen LogP contribution >= 0.6 is 31.9 Å². The number of rotatable bonds is 6. The summed E-state index contributed by atoms with van der Waals surface area (Å²) in [4.78, 5) is 25.0. The number of urea groups is 1. The zero-order chi connectivity index (χ0) is 19.4. The summed E-state index contributed by atoms with van der Waals surface area (Å²) in [6.45, 7) is 5.56. The second-order valence-electron chi connectivity index (χ2n) is 6.14. The van der Waals surface area contributed by atoms with Crippen molar-refractivity contribution in [3.8, 4) is 5.75 Å². The molecule has 0 fully saturated rings. The van der Waals surface area contributed by atoms with Crippen LogP contribution < -0.4 is 15.4 Å². The van der Waals surface area contributed by atoms with E-state index in [1.165, 1.54) is 0 Å². The van der Waals surface area contributed by atoms with Crippen LogP contribution in [0, 0.1) is 0 Å². The monoisotopic (exact) mass is 488 g/mol. The number of hydrogen-bond donors (Lipinski definition) is 2. The van der Waals surface area contributed by atoms with Crippen molar-refractivity contribution in [3.63, 3.8) is 0 Å². The summed E-state index contributed by atoms with van der Waals surface area (Å²) >= 11 is 6.92. The molecule has 6 nitrogen and oxygen atoms in total. The molecule has 1 atom stereocenters. The van der Waals surface area contributed by atoms with Crippen molar-refractivity contribution in [1.82, 2.24) is 10.6 Å². The van der Waals surface area contributed by atoms with Gasteiger partial charge in [0.2, 0.25) is 0 Å². The van der Waals surface area contributed by atoms with Crippen LogP contribution in [0.1, 0.15) is 45.2 Å². The van der Waals surface area contributed by atoms with Gasteiger partial charge in [0.05, 0.1) is 29.3 Å². The van der Waals surface area contributed by atoms with Gasteiger partial charge in [0.1, 0.15) is 5.75 Å². The van der Waals surface area contributed by atoms with Crippen LogP contribution in [0.5, 0.6) is 5.75 Å². The van der Waals surface area contributed by atoms with E-state index in [0.29, 0.717) is 33.5 Å². The van der Waals surface area contributed by atoms with E-state index in [2.05, 4.69) is 42.5 Å². The maximum Gasteiger partial charge on any atom is 0.338 e. The molecule has 1 aliphatic heterocycles. The SMILES string of the molecule is CCCC1=C(C(=O)OC(C)C)C(c2cc(Br)cc(Br)c2OC)NC(=O)N1. The molecular formula is C18H22Br2N2O4. The summed E-state index contributed by atoms with van der Waals surface area (Å²) in [5.41, 5.74) is 1.63. The van der Waals surface area contributed by atoms with E-state index in [9.17, 15) is 9.59 Å². The Bertz CT molecular complexity index is 747. The minimum Gasteiger partial charge on any atom is -0.495 e. The minimum absolute atomic E-state index is 0.271. The van der Waals surface area contributed by atoms with E-state index in [4.69, 9.17) is 9.47 Å². The summed E-state index contributed by atoms with van der Waals surface area (Å²) < 4.78 is 12.5. The lowest BCUT2D eigenvalue weighted by atomic mass is 9.93. The summed E-state index contributed by atoms with van der Waals surface area (Å²) in [7, 11) is 1.54. The Kier molecular flexibility index (Phi) is 7.11. The second-order valence-corrected chi connectivity index (χ2v) is 7.91. The molecule has 2 rings (SSSR count). The van der Waals surface area contributed by atoms with Crippen molar-refractivity contribution in [2.75, 3.05) is 7.11 Å². The first-order valence-electron chi connectivity index (χ1n) is 8.32. The third-order valence-electron chi connectivity index (χ3n) is 3.77. The van der Waals surface area contributed by atoms with Crippen molar-refractivity contribution in [2.45, 2.75) is 45.8 Å². The number of carbonyl (C=O) groups is 2. The topological polar surface area (TPSA) is 76.7 Å². The number of benzene rings is 1. The van der Waals surface area contributed by atoms with E-state index in [-0.39, 0.29) is 12.1 Å². The summed E-state index contributed by atoms with van der Waals surface area (Å²) in [5.74, 6) is 0.0881. The van der Waals surface area contributed by atoms with E-state index in [1.54, 1.807) is 21.0 Å². The van der Waals surface area contributed by atoms with Gasteiger partial charge in [-0.25, -0.2) is 9.59 Å². The van der Waals surface area contributed by atoms with Gasteiger partial charge in [0.25, 0.3) is 0 Å². The second kappa shape index (κ2) is 8.90. The highest BCUT2D eigenvalue weighted by Crippen LogP contribution is 2.40. The number of amides is 2. The van der Waals surface area contributed by atoms with Gasteiger partial charge in [-0.05, 0) is 48.3 Å². The van der Waals surface area contributed by atoms with E-state index in [1.807, 2.05) is 19.1 Å². The molecule has 0 spiro atoms. The first kappa shape index (κ1) is 20.8. The number of esters is 1. The van der Waals surface area contributed by atoms with Gasteiger partial charge in [-0.15, -0.1) is 0 Å². The lowest BCUT2D eigenvalue weighted by Crippen LogP contribution is -2.46. The molecule has 1 unspecified atom stereocenters. The van der Waals surface area contributed by atoms with Crippen molar-refractivity contribution >= 4 is 43.9 Å². The molecule has 26 heavy (non-hydrogen) atoms. The van der Waals surface area contributed by atoms with Crippen LogP contribution in [0.15, 0.2) is 32.3 Å². The van der Waals surface area contributed by atoms with Crippen molar-refractivity contribution in [2.24, 2.45) is 0 Å². The largest absolute Gasteiger partial charge is 0.495 e. The average molecular weight is 490 g/mol. The fraction of sp³-hybridized carbons (Fsp3) is 0.444. The van der Waals surface area contributed by atoms with E-state index >= 15 is 0 Å². The van der Waals surface area contributed by atoms with Gasteiger partial charge in [0, 0.05) is 15.7 Å². The molecule has 2 N–H and O–H groups in total. The molecule has 1 heterocycles. The number of methoxy groups -OCH3 is 1. The Morgan fingerprint density at radius 2 is 2.00 bits per heavy atom. The average Bonchev–Trinajstić information content (AvgIpc) is 2.53. The molecule has 0 aromatic heterocycles. The van der Waals surface area contributed by atoms with Crippen LogP contribution in [0.2, 0.25) is 0 Å². The molecule has 0 saturated heterocycles. The molecule has 1 aromatic carbocycles. The van der Waals surface area contributed by atoms with Crippen molar-refractivity contribution < 1.29 is 19.1 Å². The lowest BCUT2D eigenvalue weighted by molar-refractivity contribution is -0.143. The Balaban J connectivity index is 2.65. The van der Waals surface area contributed by atoms with Gasteiger partial charge in [-0.3, -0.25) is 0 Å². The molecule has 8 heteroatoms. The summed E-state index contributed by atoms with van der Waals surface area (Å²) in [5, 5.41) is 5.58. The number of hydrogen-bond acceptors (Lipinski definition) is 4. The molecule has 0 aliphatic carbocycles.